The Balaban J connectivity index is 1.47. The second kappa shape index (κ2) is 5.73. The van der Waals surface area contributed by atoms with Crippen LogP contribution in [0.4, 0.5) is 5.69 Å². The van der Waals surface area contributed by atoms with Crippen molar-refractivity contribution in [2.45, 2.75) is 0 Å². The van der Waals surface area contributed by atoms with Crippen molar-refractivity contribution in [3.05, 3.63) is 53.5 Å². The molecule has 6 heteroatoms. The molecule has 2 heterocycles. The van der Waals surface area contributed by atoms with E-state index in [0.29, 0.717) is 17.2 Å². The normalized spacial score (nSPS) is 12.9. The van der Waals surface area contributed by atoms with E-state index in [0.717, 1.165) is 15.2 Å². The van der Waals surface area contributed by atoms with Gasteiger partial charge in [-0.05, 0) is 30.3 Å². The molecule has 114 valence electrons. The largest absolute Gasteiger partial charge is 0.454 e. The monoisotopic (exact) mass is 324 g/mol. The van der Waals surface area contributed by atoms with E-state index in [1.807, 2.05) is 24.3 Å². The first-order valence-electron chi connectivity index (χ1n) is 7.02. The molecule has 2 aromatic carbocycles. The molecule has 23 heavy (non-hydrogen) atoms. The van der Waals surface area contributed by atoms with Gasteiger partial charge in [0.05, 0.1) is 10.2 Å². The maximum absolute atomic E-state index is 12.0. The number of fused-ring (bicyclic) bond motifs is 2. The van der Waals surface area contributed by atoms with Crippen LogP contribution in [-0.2, 0) is 4.79 Å². The van der Waals surface area contributed by atoms with Crippen molar-refractivity contribution >= 4 is 39.2 Å². The fourth-order valence-electron chi connectivity index (χ4n) is 2.27. The summed E-state index contributed by atoms with van der Waals surface area (Å²) < 4.78 is 11.6. The second-order valence-electron chi connectivity index (χ2n) is 4.91. The number of carbonyl (C=O) groups excluding carboxylic acids is 1. The Morgan fingerprint density at radius 3 is 2.96 bits per heavy atom. The van der Waals surface area contributed by atoms with Gasteiger partial charge in [-0.1, -0.05) is 12.1 Å². The molecular formula is C17H12N2O3S. The molecule has 1 aromatic heterocycles. The standard InChI is InChI=1S/C17H12N2O3S/c20-16(18-11-5-6-13-14(9-11)22-10-21-13)7-8-17-19-12-3-1-2-4-15(12)23-17/h1-9H,10H2,(H,18,20). The summed E-state index contributed by atoms with van der Waals surface area (Å²) in [7, 11) is 0. The fraction of sp³-hybridized carbons (Fsp3) is 0.0588. The smallest absolute Gasteiger partial charge is 0.248 e. The number of para-hydroxylation sites is 1. The highest BCUT2D eigenvalue weighted by Crippen LogP contribution is 2.34. The van der Waals surface area contributed by atoms with E-state index in [1.165, 1.54) is 6.08 Å². The van der Waals surface area contributed by atoms with E-state index >= 15 is 0 Å². The van der Waals surface area contributed by atoms with Gasteiger partial charge in [0.25, 0.3) is 0 Å². The summed E-state index contributed by atoms with van der Waals surface area (Å²) in [5.74, 6) is 1.11. The Labute approximate surface area is 136 Å². The van der Waals surface area contributed by atoms with Gasteiger partial charge >= 0.3 is 0 Å². The molecule has 0 fully saturated rings. The number of amides is 1. The number of hydrogen-bond acceptors (Lipinski definition) is 5. The zero-order valence-electron chi connectivity index (χ0n) is 12.0. The number of nitrogens with zero attached hydrogens (tertiary/aromatic N) is 1. The van der Waals surface area contributed by atoms with E-state index in [1.54, 1.807) is 35.6 Å². The number of aromatic nitrogens is 1. The van der Waals surface area contributed by atoms with Crippen LogP contribution in [0, 0.1) is 0 Å². The number of benzene rings is 2. The SMILES string of the molecule is O=C(C=Cc1nc2ccccc2s1)Nc1ccc2c(c1)OCO2. The van der Waals surface area contributed by atoms with Gasteiger partial charge in [0.2, 0.25) is 12.7 Å². The molecule has 0 spiro atoms. The summed E-state index contributed by atoms with van der Waals surface area (Å²) in [5.41, 5.74) is 1.60. The first-order chi connectivity index (χ1) is 11.3. The Hall–Kier alpha value is -2.86. The predicted molar refractivity (Wildman–Crippen MR) is 89.8 cm³/mol. The number of ether oxygens (including phenoxy) is 2. The molecule has 1 amide bonds. The minimum Gasteiger partial charge on any atom is -0.454 e. The van der Waals surface area contributed by atoms with Gasteiger partial charge in [-0.3, -0.25) is 4.79 Å². The van der Waals surface area contributed by atoms with E-state index in [9.17, 15) is 4.79 Å². The zero-order valence-corrected chi connectivity index (χ0v) is 12.8. The third-order valence-electron chi connectivity index (χ3n) is 3.33. The van der Waals surface area contributed by atoms with Gasteiger partial charge in [-0.2, -0.15) is 0 Å². The molecule has 0 unspecified atom stereocenters. The zero-order chi connectivity index (χ0) is 15.6. The number of anilines is 1. The molecule has 0 bridgehead atoms. The molecule has 0 saturated carbocycles. The third-order valence-corrected chi connectivity index (χ3v) is 4.33. The molecule has 4 rings (SSSR count). The van der Waals surface area contributed by atoms with Crippen molar-refractivity contribution in [3.63, 3.8) is 0 Å². The quantitative estimate of drug-likeness (QED) is 0.747. The van der Waals surface area contributed by atoms with Crippen molar-refractivity contribution in [3.8, 4) is 11.5 Å². The van der Waals surface area contributed by atoms with Gasteiger partial charge in [0.1, 0.15) is 5.01 Å². The van der Waals surface area contributed by atoms with Crippen LogP contribution in [0.25, 0.3) is 16.3 Å². The molecule has 1 N–H and O–H groups in total. The summed E-state index contributed by atoms with van der Waals surface area (Å²) in [5, 5.41) is 3.59. The second-order valence-corrected chi connectivity index (χ2v) is 5.97. The molecular weight excluding hydrogens is 312 g/mol. The highest BCUT2D eigenvalue weighted by atomic mass is 32.1. The Bertz CT molecular complexity index is 884. The lowest BCUT2D eigenvalue weighted by molar-refractivity contribution is -0.111. The van der Waals surface area contributed by atoms with Gasteiger partial charge < -0.3 is 14.8 Å². The molecule has 0 aliphatic carbocycles. The molecule has 3 aromatic rings. The highest BCUT2D eigenvalue weighted by Gasteiger charge is 2.13. The minimum atomic E-state index is -0.219. The average molecular weight is 324 g/mol. The van der Waals surface area contributed by atoms with E-state index in [-0.39, 0.29) is 12.7 Å². The van der Waals surface area contributed by atoms with Gasteiger partial charge in [-0.25, -0.2) is 4.98 Å². The first-order valence-corrected chi connectivity index (χ1v) is 7.84. The van der Waals surface area contributed by atoms with Crippen LogP contribution in [0.2, 0.25) is 0 Å². The summed E-state index contributed by atoms with van der Waals surface area (Å²) in [6.07, 6.45) is 3.19. The number of hydrogen-bond donors (Lipinski definition) is 1. The highest BCUT2D eigenvalue weighted by molar-refractivity contribution is 7.19. The number of thiazole rings is 1. The van der Waals surface area contributed by atoms with Gasteiger partial charge in [0, 0.05) is 17.8 Å². The Morgan fingerprint density at radius 2 is 2.04 bits per heavy atom. The Kier molecular flexibility index (Phi) is 3.44. The number of rotatable bonds is 3. The number of carbonyl (C=O) groups is 1. The topological polar surface area (TPSA) is 60.5 Å². The third kappa shape index (κ3) is 2.89. The summed E-state index contributed by atoms with van der Waals surface area (Å²) >= 11 is 1.55. The van der Waals surface area contributed by atoms with Crippen molar-refractivity contribution in [2.75, 3.05) is 12.1 Å². The van der Waals surface area contributed by atoms with Crippen LogP contribution >= 0.6 is 11.3 Å². The van der Waals surface area contributed by atoms with Crippen molar-refractivity contribution in [1.82, 2.24) is 4.98 Å². The molecule has 0 atom stereocenters. The molecule has 1 aliphatic rings. The van der Waals surface area contributed by atoms with Crippen LogP contribution in [0.3, 0.4) is 0 Å². The van der Waals surface area contributed by atoms with Crippen LogP contribution < -0.4 is 14.8 Å². The Morgan fingerprint density at radius 1 is 1.17 bits per heavy atom. The van der Waals surface area contributed by atoms with Gasteiger partial charge in [0.15, 0.2) is 11.5 Å². The summed E-state index contributed by atoms with van der Waals surface area (Å²) in [6.45, 7) is 0.213. The van der Waals surface area contributed by atoms with Crippen LogP contribution in [0.5, 0.6) is 11.5 Å². The van der Waals surface area contributed by atoms with E-state index in [2.05, 4.69) is 10.3 Å². The van der Waals surface area contributed by atoms with Crippen molar-refractivity contribution < 1.29 is 14.3 Å². The maximum Gasteiger partial charge on any atom is 0.248 e. The first kappa shape index (κ1) is 13.8. The summed E-state index contributed by atoms with van der Waals surface area (Å²) in [6, 6.07) is 13.2. The lowest BCUT2D eigenvalue weighted by Crippen LogP contribution is -2.07. The molecule has 1 aliphatic heterocycles. The van der Waals surface area contributed by atoms with Crippen LogP contribution in [0.15, 0.2) is 48.5 Å². The summed E-state index contributed by atoms with van der Waals surface area (Å²) in [4.78, 5) is 16.5. The average Bonchev–Trinajstić information content (AvgIpc) is 3.18. The predicted octanol–water partition coefficient (Wildman–Crippen LogP) is 3.68. The van der Waals surface area contributed by atoms with Crippen molar-refractivity contribution in [2.24, 2.45) is 0 Å². The maximum atomic E-state index is 12.0. The van der Waals surface area contributed by atoms with Crippen LogP contribution in [0.1, 0.15) is 5.01 Å². The fourth-order valence-corrected chi connectivity index (χ4v) is 3.14. The lowest BCUT2D eigenvalue weighted by Gasteiger charge is -2.03. The van der Waals surface area contributed by atoms with E-state index < -0.39 is 0 Å². The minimum absolute atomic E-state index is 0.213. The van der Waals surface area contributed by atoms with Gasteiger partial charge in [-0.15, -0.1) is 11.3 Å². The van der Waals surface area contributed by atoms with Crippen LogP contribution in [-0.4, -0.2) is 17.7 Å². The number of nitrogens with one attached hydrogen (secondary N) is 1. The molecule has 0 radical (unpaired) electrons. The lowest BCUT2D eigenvalue weighted by atomic mass is 10.2. The van der Waals surface area contributed by atoms with Crippen molar-refractivity contribution in [1.29, 1.82) is 0 Å². The van der Waals surface area contributed by atoms with E-state index in [4.69, 9.17) is 9.47 Å². The molecule has 0 saturated heterocycles. The molecule has 5 nitrogen and oxygen atoms in total.